The lowest BCUT2D eigenvalue weighted by atomic mass is 9.97. The summed E-state index contributed by atoms with van der Waals surface area (Å²) >= 11 is 0. The predicted molar refractivity (Wildman–Crippen MR) is 123 cm³/mol. The molecule has 1 saturated heterocycles. The fraction of sp³-hybridized carbons (Fsp3) is 0.333. The van der Waals surface area contributed by atoms with Crippen molar-refractivity contribution in [2.24, 2.45) is 7.05 Å². The van der Waals surface area contributed by atoms with Gasteiger partial charge in [0.1, 0.15) is 5.58 Å². The average molecular weight is 431 g/mol. The number of furan rings is 1. The Morgan fingerprint density at radius 2 is 2.03 bits per heavy atom. The monoisotopic (exact) mass is 430 g/mol. The lowest BCUT2D eigenvalue weighted by Crippen LogP contribution is -2.28. The van der Waals surface area contributed by atoms with E-state index in [0.717, 1.165) is 39.8 Å². The molecule has 0 radical (unpaired) electrons. The van der Waals surface area contributed by atoms with E-state index in [2.05, 4.69) is 10.1 Å². The number of likely N-dealkylation sites (tertiary alicyclic amines) is 1. The fourth-order valence-corrected chi connectivity index (χ4v) is 4.38. The molecule has 0 saturated carbocycles. The maximum Gasteiger partial charge on any atom is 0.289 e. The summed E-state index contributed by atoms with van der Waals surface area (Å²) in [5.74, 6) is 1.13. The largest absolute Gasteiger partial charge is 0.451 e. The van der Waals surface area contributed by atoms with E-state index in [1.54, 1.807) is 4.68 Å². The topological polar surface area (TPSA) is 80.3 Å². The lowest BCUT2D eigenvalue weighted by Gasteiger charge is -2.19. The highest BCUT2D eigenvalue weighted by Crippen LogP contribution is 2.35. The van der Waals surface area contributed by atoms with Crippen molar-refractivity contribution >= 4 is 22.8 Å². The van der Waals surface area contributed by atoms with Crippen LogP contribution in [-0.2, 0) is 7.05 Å². The van der Waals surface area contributed by atoms with Crippen LogP contribution < -0.4 is 4.90 Å². The first kappa shape index (κ1) is 20.2. The molecule has 0 spiro atoms. The van der Waals surface area contributed by atoms with Gasteiger partial charge in [-0.25, -0.2) is 9.97 Å². The van der Waals surface area contributed by atoms with E-state index in [1.165, 1.54) is 0 Å². The van der Waals surface area contributed by atoms with E-state index in [1.807, 2.05) is 80.7 Å². The van der Waals surface area contributed by atoms with Gasteiger partial charge in [-0.1, -0.05) is 18.2 Å². The van der Waals surface area contributed by atoms with E-state index < -0.39 is 0 Å². The second kappa shape index (κ2) is 7.78. The van der Waals surface area contributed by atoms with Crippen LogP contribution in [0.1, 0.15) is 34.2 Å². The van der Waals surface area contributed by atoms with E-state index in [-0.39, 0.29) is 11.8 Å². The van der Waals surface area contributed by atoms with Crippen LogP contribution in [0, 0.1) is 6.92 Å². The maximum atomic E-state index is 13.3. The number of benzene rings is 1. The summed E-state index contributed by atoms with van der Waals surface area (Å²) in [6, 6.07) is 7.77. The minimum Gasteiger partial charge on any atom is -0.451 e. The van der Waals surface area contributed by atoms with Gasteiger partial charge in [0.05, 0.1) is 11.9 Å². The number of rotatable bonds is 4. The molecule has 1 aliphatic heterocycles. The van der Waals surface area contributed by atoms with Gasteiger partial charge in [-0.05, 0) is 19.4 Å². The number of para-hydroxylation sites is 1. The lowest BCUT2D eigenvalue weighted by molar-refractivity contribution is 0.0760. The molecule has 0 aliphatic carbocycles. The van der Waals surface area contributed by atoms with Crippen LogP contribution >= 0.6 is 0 Å². The summed E-state index contributed by atoms with van der Waals surface area (Å²) in [4.78, 5) is 26.5. The Morgan fingerprint density at radius 1 is 1.22 bits per heavy atom. The molecule has 1 atom stereocenters. The molecule has 8 nitrogen and oxygen atoms in total. The number of fused-ring (bicyclic) bond motifs is 1. The van der Waals surface area contributed by atoms with Crippen LogP contribution in [-0.4, -0.2) is 57.7 Å². The molecule has 5 rings (SSSR count). The number of aromatic nitrogens is 4. The van der Waals surface area contributed by atoms with Crippen molar-refractivity contribution in [3.63, 3.8) is 0 Å². The predicted octanol–water partition coefficient (Wildman–Crippen LogP) is 3.63. The van der Waals surface area contributed by atoms with Gasteiger partial charge in [0.2, 0.25) is 5.95 Å². The molecular formula is C24H26N6O2. The molecule has 1 fully saturated rings. The molecule has 8 heteroatoms. The zero-order chi connectivity index (χ0) is 22.4. The van der Waals surface area contributed by atoms with E-state index in [0.29, 0.717) is 24.8 Å². The maximum absolute atomic E-state index is 13.3. The van der Waals surface area contributed by atoms with Crippen LogP contribution in [0.15, 0.2) is 47.3 Å². The molecule has 1 aromatic carbocycles. The molecule has 3 aromatic heterocycles. The van der Waals surface area contributed by atoms with Crippen LogP contribution in [0.4, 0.5) is 5.95 Å². The summed E-state index contributed by atoms with van der Waals surface area (Å²) in [6.45, 7) is 3.20. The Hall–Kier alpha value is -3.68. The van der Waals surface area contributed by atoms with E-state index in [9.17, 15) is 4.79 Å². The Balaban J connectivity index is 1.46. The zero-order valence-corrected chi connectivity index (χ0v) is 18.7. The third-order valence-corrected chi connectivity index (χ3v) is 6.12. The van der Waals surface area contributed by atoms with Gasteiger partial charge in [0.15, 0.2) is 5.76 Å². The van der Waals surface area contributed by atoms with Crippen molar-refractivity contribution in [1.29, 1.82) is 0 Å². The minimum atomic E-state index is -0.0639. The number of aryl methyl sites for hydroxylation is 2. The highest BCUT2D eigenvalue weighted by molar-refractivity contribution is 5.99. The summed E-state index contributed by atoms with van der Waals surface area (Å²) in [5, 5.41) is 5.29. The summed E-state index contributed by atoms with van der Waals surface area (Å²) in [5.41, 5.74) is 4.53. The first-order chi connectivity index (χ1) is 15.4. The van der Waals surface area contributed by atoms with Crippen molar-refractivity contribution in [3.05, 3.63) is 59.9 Å². The Morgan fingerprint density at radius 3 is 2.75 bits per heavy atom. The quantitative estimate of drug-likeness (QED) is 0.492. The summed E-state index contributed by atoms with van der Waals surface area (Å²) in [7, 11) is 5.75. The van der Waals surface area contributed by atoms with Gasteiger partial charge in [0, 0.05) is 74.6 Å². The number of anilines is 1. The molecule has 164 valence electrons. The smallest absolute Gasteiger partial charge is 0.289 e. The first-order valence-electron chi connectivity index (χ1n) is 10.7. The number of nitrogens with zero attached hydrogens (tertiary/aromatic N) is 6. The molecule has 4 heterocycles. The van der Waals surface area contributed by atoms with Gasteiger partial charge in [-0.15, -0.1) is 0 Å². The summed E-state index contributed by atoms with van der Waals surface area (Å²) < 4.78 is 7.70. The van der Waals surface area contributed by atoms with Crippen LogP contribution in [0.5, 0.6) is 0 Å². The second-order valence-corrected chi connectivity index (χ2v) is 8.56. The van der Waals surface area contributed by atoms with E-state index >= 15 is 0 Å². The van der Waals surface area contributed by atoms with Gasteiger partial charge < -0.3 is 14.2 Å². The van der Waals surface area contributed by atoms with Gasteiger partial charge in [-0.2, -0.15) is 5.10 Å². The molecule has 32 heavy (non-hydrogen) atoms. The number of carbonyl (C=O) groups excluding carboxylic acids is 1. The zero-order valence-electron chi connectivity index (χ0n) is 18.7. The molecule has 1 amide bonds. The number of hydrogen-bond acceptors (Lipinski definition) is 6. The van der Waals surface area contributed by atoms with Crippen molar-refractivity contribution in [1.82, 2.24) is 24.6 Å². The minimum absolute atomic E-state index is 0.0639. The standard InChI is InChI=1S/C24H26N6O2/c1-15-18-7-5-6-8-20(18)32-22(15)23(31)30-10-9-16(14-30)21-19(17-11-26-29(4)13-17)12-25-24(27-21)28(2)3/h5-8,11-13,16H,9-10,14H2,1-4H3/t16-/m1/s1. The normalized spacial score (nSPS) is 16.1. The van der Waals surface area contributed by atoms with Crippen molar-refractivity contribution in [2.75, 3.05) is 32.1 Å². The molecular weight excluding hydrogens is 404 g/mol. The summed E-state index contributed by atoms with van der Waals surface area (Å²) in [6.07, 6.45) is 6.49. The van der Waals surface area contributed by atoms with Crippen molar-refractivity contribution < 1.29 is 9.21 Å². The van der Waals surface area contributed by atoms with Crippen molar-refractivity contribution in [3.8, 4) is 11.1 Å². The molecule has 0 unspecified atom stereocenters. The van der Waals surface area contributed by atoms with Gasteiger partial charge in [-0.3, -0.25) is 9.48 Å². The first-order valence-corrected chi connectivity index (χ1v) is 10.7. The van der Waals surface area contributed by atoms with Gasteiger partial charge >= 0.3 is 0 Å². The van der Waals surface area contributed by atoms with Crippen LogP contribution in [0.2, 0.25) is 0 Å². The number of carbonyl (C=O) groups is 1. The third kappa shape index (κ3) is 3.41. The van der Waals surface area contributed by atoms with E-state index in [4.69, 9.17) is 9.40 Å². The Bertz CT molecular complexity index is 1310. The molecule has 0 bridgehead atoms. The Labute approximate surface area is 186 Å². The van der Waals surface area contributed by atoms with Crippen LogP contribution in [0.25, 0.3) is 22.1 Å². The Kier molecular flexibility index (Phi) is 4.92. The average Bonchev–Trinajstić information content (AvgIpc) is 3.52. The van der Waals surface area contributed by atoms with Crippen LogP contribution in [0.3, 0.4) is 0 Å². The second-order valence-electron chi connectivity index (χ2n) is 8.56. The molecule has 0 N–H and O–H groups in total. The molecule has 4 aromatic rings. The number of amides is 1. The highest BCUT2D eigenvalue weighted by Gasteiger charge is 2.33. The van der Waals surface area contributed by atoms with Gasteiger partial charge in [0.25, 0.3) is 5.91 Å². The third-order valence-electron chi connectivity index (χ3n) is 6.12. The van der Waals surface area contributed by atoms with Crippen molar-refractivity contribution in [2.45, 2.75) is 19.3 Å². The SMILES string of the molecule is Cc1c(C(=O)N2CC[C@@H](c3nc(N(C)C)ncc3-c3cnn(C)c3)C2)oc2ccccc12. The molecule has 1 aliphatic rings. The fourth-order valence-electron chi connectivity index (χ4n) is 4.38. The number of hydrogen-bond donors (Lipinski definition) is 0. The highest BCUT2D eigenvalue weighted by atomic mass is 16.3.